The number of aromatic nitrogens is 4. The number of fused-ring (bicyclic) bond motifs is 1. The summed E-state index contributed by atoms with van der Waals surface area (Å²) in [6.45, 7) is 2.39. The van der Waals surface area contributed by atoms with E-state index in [1.54, 1.807) is 22.4 Å². The van der Waals surface area contributed by atoms with Gasteiger partial charge in [-0.2, -0.15) is 5.10 Å². The Balaban J connectivity index is 1.66. The second-order valence-electron chi connectivity index (χ2n) is 4.87. The van der Waals surface area contributed by atoms with Crippen LogP contribution in [0.2, 0.25) is 0 Å². The minimum absolute atomic E-state index is 0.0999. The number of amides is 2. The summed E-state index contributed by atoms with van der Waals surface area (Å²) < 4.78 is 1.68. The Labute approximate surface area is 140 Å². The van der Waals surface area contributed by atoms with Crippen LogP contribution in [-0.2, 0) is 6.54 Å². The normalized spacial score (nSPS) is 12.4. The third-order valence-electron chi connectivity index (χ3n) is 3.26. The zero-order chi connectivity index (χ0) is 16.2. The molecule has 0 bridgehead atoms. The lowest BCUT2D eigenvalue weighted by Crippen LogP contribution is -2.42. The molecular formula is C13H16N6O2S2. The summed E-state index contributed by atoms with van der Waals surface area (Å²) >= 11 is 2.92. The molecular weight excluding hydrogens is 336 g/mol. The SMILES string of the molecule is C[C@H](NC(=O)N(CCO)Cc1nccs1)c1cn2ncsc2n1. The Bertz CT molecular complexity index is 740. The number of urea groups is 1. The molecule has 3 aromatic rings. The molecule has 122 valence electrons. The van der Waals surface area contributed by atoms with Gasteiger partial charge in [0.25, 0.3) is 0 Å². The van der Waals surface area contributed by atoms with Gasteiger partial charge in [-0.1, -0.05) is 11.3 Å². The van der Waals surface area contributed by atoms with Crippen molar-refractivity contribution in [3.63, 3.8) is 0 Å². The summed E-state index contributed by atoms with van der Waals surface area (Å²) in [5.74, 6) is 0. The topological polar surface area (TPSA) is 95.7 Å². The number of aliphatic hydroxyl groups is 1. The van der Waals surface area contributed by atoms with E-state index in [9.17, 15) is 9.90 Å². The van der Waals surface area contributed by atoms with Gasteiger partial charge in [0.05, 0.1) is 31.1 Å². The van der Waals surface area contributed by atoms with E-state index in [2.05, 4.69) is 20.4 Å². The van der Waals surface area contributed by atoms with Crippen molar-refractivity contribution in [2.24, 2.45) is 0 Å². The predicted molar refractivity (Wildman–Crippen MR) is 87.4 cm³/mol. The predicted octanol–water partition coefficient (Wildman–Crippen LogP) is 1.51. The first-order chi connectivity index (χ1) is 11.2. The fourth-order valence-electron chi connectivity index (χ4n) is 2.08. The molecule has 0 saturated carbocycles. The van der Waals surface area contributed by atoms with E-state index in [1.807, 2.05) is 12.3 Å². The van der Waals surface area contributed by atoms with Crippen LogP contribution in [0.25, 0.3) is 4.96 Å². The average Bonchev–Trinajstić information content (AvgIpc) is 3.23. The second kappa shape index (κ2) is 7.02. The number of thiazole rings is 1. The number of hydrogen-bond acceptors (Lipinski definition) is 7. The van der Waals surface area contributed by atoms with Crippen molar-refractivity contribution in [3.05, 3.63) is 34.0 Å². The number of aliphatic hydroxyl groups excluding tert-OH is 1. The molecule has 0 aliphatic rings. The van der Waals surface area contributed by atoms with Gasteiger partial charge in [-0.3, -0.25) is 0 Å². The van der Waals surface area contributed by atoms with Crippen molar-refractivity contribution >= 4 is 33.7 Å². The second-order valence-corrected chi connectivity index (χ2v) is 6.66. The molecule has 0 radical (unpaired) electrons. The minimum atomic E-state index is -0.258. The third kappa shape index (κ3) is 3.66. The highest BCUT2D eigenvalue weighted by molar-refractivity contribution is 7.14. The molecule has 3 aromatic heterocycles. The van der Waals surface area contributed by atoms with Crippen molar-refractivity contribution < 1.29 is 9.90 Å². The van der Waals surface area contributed by atoms with Gasteiger partial charge in [-0.15, -0.1) is 11.3 Å². The molecule has 3 rings (SSSR count). The standard InChI is InChI=1S/C13H16N6O2S2/c1-9(10-6-19-13(17-10)23-8-15-19)16-12(21)18(3-4-20)7-11-14-2-5-22-11/h2,5-6,8-9,20H,3-4,7H2,1H3,(H,16,21)/t9-/m0/s1. The molecule has 0 spiro atoms. The van der Waals surface area contributed by atoms with Gasteiger partial charge in [0.15, 0.2) is 0 Å². The molecule has 1 atom stereocenters. The number of carbonyl (C=O) groups excluding carboxylic acids is 1. The molecule has 0 fully saturated rings. The van der Waals surface area contributed by atoms with Crippen molar-refractivity contribution in [2.45, 2.75) is 19.5 Å². The third-order valence-corrected chi connectivity index (χ3v) is 4.71. The lowest BCUT2D eigenvalue weighted by molar-refractivity contribution is 0.171. The molecule has 0 unspecified atom stereocenters. The van der Waals surface area contributed by atoms with Gasteiger partial charge < -0.3 is 15.3 Å². The van der Waals surface area contributed by atoms with Crippen LogP contribution in [-0.4, -0.2) is 48.8 Å². The summed E-state index contributed by atoms with van der Waals surface area (Å²) in [5.41, 5.74) is 2.46. The number of imidazole rings is 1. The van der Waals surface area contributed by atoms with E-state index in [-0.39, 0.29) is 25.2 Å². The molecule has 10 heteroatoms. The van der Waals surface area contributed by atoms with Crippen molar-refractivity contribution in [3.8, 4) is 0 Å². The van der Waals surface area contributed by atoms with E-state index in [4.69, 9.17) is 0 Å². The average molecular weight is 352 g/mol. The highest BCUT2D eigenvalue weighted by Crippen LogP contribution is 2.16. The van der Waals surface area contributed by atoms with Crippen molar-refractivity contribution in [1.29, 1.82) is 0 Å². The van der Waals surface area contributed by atoms with E-state index in [0.29, 0.717) is 6.54 Å². The highest BCUT2D eigenvalue weighted by Gasteiger charge is 2.19. The Hall–Kier alpha value is -2.04. The molecule has 2 amide bonds. The van der Waals surface area contributed by atoms with Gasteiger partial charge in [0, 0.05) is 18.1 Å². The summed E-state index contributed by atoms with van der Waals surface area (Å²) in [6.07, 6.45) is 3.50. The lowest BCUT2D eigenvalue weighted by atomic mass is 10.2. The monoisotopic (exact) mass is 352 g/mol. The first-order valence-corrected chi connectivity index (χ1v) is 8.76. The first kappa shape index (κ1) is 15.8. The summed E-state index contributed by atoms with van der Waals surface area (Å²) in [7, 11) is 0. The van der Waals surface area contributed by atoms with E-state index in [0.717, 1.165) is 15.7 Å². The van der Waals surface area contributed by atoms with Gasteiger partial charge in [0.1, 0.15) is 10.5 Å². The van der Waals surface area contributed by atoms with Gasteiger partial charge in [-0.05, 0) is 6.92 Å². The fourth-order valence-corrected chi connectivity index (χ4v) is 3.32. The van der Waals surface area contributed by atoms with Crippen LogP contribution in [0.3, 0.4) is 0 Å². The Morgan fingerprint density at radius 3 is 3.09 bits per heavy atom. The summed E-state index contributed by atoms with van der Waals surface area (Å²) in [4.78, 5) is 23.4. The molecule has 3 heterocycles. The van der Waals surface area contributed by atoms with E-state index >= 15 is 0 Å². The maximum absolute atomic E-state index is 12.4. The number of nitrogens with one attached hydrogen (secondary N) is 1. The van der Waals surface area contributed by atoms with Gasteiger partial charge in [-0.25, -0.2) is 19.3 Å². The van der Waals surface area contributed by atoms with E-state index in [1.165, 1.54) is 27.6 Å². The maximum atomic E-state index is 12.4. The number of rotatable bonds is 6. The molecule has 0 aromatic carbocycles. The van der Waals surface area contributed by atoms with Crippen LogP contribution in [0, 0.1) is 0 Å². The first-order valence-electron chi connectivity index (χ1n) is 7.01. The summed E-state index contributed by atoms with van der Waals surface area (Å²) in [5, 5.41) is 18.9. The Kier molecular flexibility index (Phi) is 4.84. The van der Waals surface area contributed by atoms with Crippen LogP contribution in [0.15, 0.2) is 23.3 Å². The number of carbonyl (C=O) groups is 1. The Morgan fingerprint density at radius 1 is 1.52 bits per heavy atom. The van der Waals surface area contributed by atoms with Gasteiger partial charge in [0.2, 0.25) is 4.96 Å². The molecule has 23 heavy (non-hydrogen) atoms. The van der Waals surface area contributed by atoms with Crippen LogP contribution < -0.4 is 5.32 Å². The molecule has 0 aliphatic carbocycles. The van der Waals surface area contributed by atoms with Crippen LogP contribution in [0.4, 0.5) is 4.79 Å². The van der Waals surface area contributed by atoms with Crippen LogP contribution in [0.1, 0.15) is 23.7 Å². The minimum Gasteiger partial charge on any atom is -0.395 e. The number of hydrogen-bond donors (Lipinski definition) is 2. The smallest absolute Gasteiger partial charge is 0.318 e. The zero-order valence-electron chi connectivity index (χ0n) is 12.4. The quantitative estimate of drug-likeness (QED) is 0.701. The molecule has 0 aliphatic heterocycles. The van der Waals surface area contributed by atoms with Crippen molar-refractivity contribution in [1.82, 2.24) is 29.8 Å². The zero-order valence-corrected chi connectivity index (χ0v) is 14.0. The number of nitrogens with zero attached hydrogens (tertiary/aromatic N) is 5. The molecule has 8 nitrogen and oxygen atoms in total. The molecule has 2 N–H and O–H groups in total. The largest absolute Gasteiger partial charge is 0.395 e. The molecule has 0 saturated heterocycles. The van der Waals surface area contributed by atoms with Gasteiger partial charge >= 0.3 is 6.03 Å². The maximum Gasteiger partial charge on any atom is 0.318 e. The van der Waals surface area contributed by atoms with E-state index < -0.39 is 0 Å². The lowest BCUT2D eigenvalue weighted by Gasteiger charge is -2.23. The highest BCUT2D eigenvalue weighted by atomic mass is 32.1. The van der Waals surface area contributed by atoms with Crippen LogP contribution >= 0.6 is 22.7 Å². The van der Waals surface area contributed by atoms with Crippen molar-refractivity contribution in [2.75, 3.05) is 13.2 Å². The summed E-state index contributed by atoms with van der Waals surface area (Å²) in [6, 6.07) is -0.514. The van der Waals surface area contributed by atoms with Crippen LogP contribution in [0.5, 0.6) is 0 Å². The Morgan fingerprint density at radius 2 is 2.39 bits per heavy atom. The fraction of sp³-hybridized carbons (Fsp3) is 0.385.